The van der Waals surface area contributed by atoms with Crippen LogP contribution in [0.15, 0.2) is 0 Å². The number of nitrogens with one attached hydrogen (secondary N) is 2. The van der Waals surface area contributed by atoms with Crippen LogP contribution < -0.4 is 5.32 Å². The minimum absolute atomic E-state index is 0.160. The van der Waals surface area contributed by atoms with E-state index in [0.717, 1.165) is 30.5 Å². The van der Waals surface area contributed by atoms with E-state index in [1.165, 1.54) is 0 Å². The lowest BCUT2D eigenvalue weighted by atomic mass is 9.88. The predicted octanol–water partition coefficient (Wildman–Crippen LogP) is 0.643. The highest BCUT2D eigenvalue weighted by Gasteiger charge is 2.24. The molecule has 0 spiro atoms. The summed E-state index contributed by atoms with van der Waals surface area (Å²) >= 11 is 0. The van der Waals surface area contributed by atoms with Gasteiger partial charge in [-0.25, -0.2) is 0 Å². The molecule has 6 heteroatoms. The molecular weight excluding hydrogens is 250 g/mol. The lowest BCUT2D eigenvalue weighted by molar-refractivity contribution is 0.0950. The van der Waals surface area contributed by atoms with Crippen LogP contribution in [-0.4, -0.2) is 38.9 Å². The van der Waals surface area contributed by atoms with Crippen molar-refractivity contribution in [1.29, 1.82) is 0 Å². The topological polar surface area (TPSA) is 74.8 Å². The molecule has 0 saturated carbocycles. The van der Waals surface area contributed by atoms with Crippen molar-refractivity contribution in [2.24, 2.45) is 5.92 Å². The molecule has 0 saturated heterocycles. The summed E-state index contributed by atoms with van der Waals surface area (Å²) in [4.78, 5) is 12.0. The van der Waals surface area contributed by atoms with Crippen molar-refractivity contribution in [1.82, 2.24) is 15.5 Å². The zero-order chi connectivity index (χ0) is 13.1. The van der Waals surface area contributed by atoms with E-state index in [-0.39, 0.29) is 5.91 Å². The normalized spacial score (nSPS) is 20.2. The lowest BCUT2D eigenvalue weighted by Crippen LogP contribution is -2.29. The van der Waals surface area contributed by atoms with Gasteiger partial charge in [-0.3, -0.25) is 14.1 Å². The van der Waals surface area contributed by atoms with Gasteiger partial charge in [0, 0.05) is 40.6 Å². The Morgan fingerprint density at radius 2 is 2.39 bits per heavy atom. The summed E-state index contributed by atoms with van der Waals surface area (Å²) in [5.41, 5.74) is 2.67. The van der Waals surface area contributed by atoms with Gasteiger partial charge in [-0.05, 0) is 25.2 Å². The first-order chi connectivity index (χ1) is 8.58. The Kier molecular flexibility index (Phi) is 4.16. The number of aromatic nitrogens is 2. The number of carbonyl (C=O) groups is 1. The van der Waals surface area contributed by atoms with Crippen molar-refractivity contribution in [2.45, 2.75) is 26.2 Å². The van der Waals surface area contributed by atoms with Crippen LogP contribution >= 0.6 is 0 Å². The Bertz CT molecular complexity index is 470. The first kappa shape index (κ1) is 13.3. The van der Waals surface area contributed by atoms with Crippen molar-refractivity contribution >= 4 is 16.7 Å². The molecule has 2 N–H and O–H groups in total. The molecule has 1 amide bonds. The molecule has 1 aromatic rings. The Labute approximate surface area is 109 Å². The van der Waals surface area contributed by atoms with Crippen LogP contribution in [0.4, 0.5) is 0 Å². The van der Waals surface area contributed by atoms with E-state index >= 15 is 0 Å². The standard InChI is InChI=1S/C12H19N3O2S/c1-8-3-4-10-9(7-8)11(15-14-10)12(16)13-5-6-18(2)17/h8H,3-7H2,1-2H3,(H,13,16)(H,14,15)/t8-,18+/m0/s1. The average molecular weight is 269 g/mol. The number of aryl methyl sites for hydroxylation is 1. The van der Waals surface area contributed by atoms with Gasteiger partial charge in [-0.2, -0.15) is 5.10 Å². The highest BCUT2D eigenvalue weighted by Crippen LogP contribution is 2.25. The van der Waals surface area contributed by atoms with E-state index in [1.807, 2.05) is 0 Å². The second-order valence-corrected chi connectivity index (χ2v) is 6.47. The van der Waals surface area contributed by atoms with E-state index in [4.69, 9.17) is 0 Å². The highest BCUT2D eigenvalue weighted by molar-refractivity contribution is 7.84. The third-order valence-corrected chi connectivity index (χ3v) is 4.06. The van der Waals surface area contributed by atoms with Crippen LogP contribution in [0, 0.1) is 5.92 Å². The summed E-state index contributed by atoms with van der Waals surface area (Å²) in [6.45, 7) is 2.62. The first-order valence-electron chi connectivity index (χ1n) is 6.22. The molecule has 1 aromatic heterocycles. The first-order valence-corrected chi connectivity index (χ1v) is 7.95. The van der Waals surface area contributed by atoms with Crippen molar-refractivity contribution < 1.29 is 9.00 Å². The Hall–Kier alpha value is -1.17. The van der Waals surface area contributed by atoms with E-state index in [0.29, 0.717) is 23.9 Å². The summed E-state index contributed by atoms with van der Waals surface area (Å²) in [7, 11) is -0.879. The zero-order valence-corrected chi connectivity index (χ0v) is 11.6. The maximum atomic E-state index is 12.0. The number of carbonyl (C=O) groups excluding carboxylic acids is 1. The maximum absolute atomic E-state index is 12.0. The fourth-order valence-electron chi connectivity index (χ4n) is 2.25. The van der Waals surface area contributed by atoms with Crippen molar-refractivity contribution in [3.63, 3.8) is 0 Å². The number of rotatable bonds is 4. The average Bonchev–Trinajstić information content (AvgIpc) is 2.71. The number of amides is 1. The molecule has 0 radical (unpaired) electrons. The van der Waals surface area contributed by atoms with Gasteiger partial charge in [-0.1, -0.05) is 6.92 Å². The summed E-state index contributed by atoms with van der Waals surface area (Å²) in [5.74, 6) is 0.922. The largest absolute Gasteiger partial charge is 0.350 e. The fraction of sp³-hybridized carbons (Fsp3) is 0.667. The monoisotopic (exact) mass is 269 g/mol. The van der Waals surface area contributed by atoms with E-state index in [9.17, 15) is 9.00 Å². The summed E-state index contributed by atoms with van der Waals surface area (Å²) in [6.07, 6.45) is 4.65. The van der Waals surface area contributed by atoms with E-state index < -0.39 is 10.8 Å². The molecule has 18 heavy (non-hydrogen) atoms. The smallest absolute Gasteiger partial charge is 0.272 e. The molecule has 0 unspecified atom stereocenters. The summed E-state index contributed by atoms with van der Waals surface area (Å²) in [5, 5.41) is 9.84. The molecule has 2 rings (SSSR count). The molecular formula is C12H19N3O2S. The second kappa shape index (κ2) is 5.65. The van der Waals surface area contributed by atoms with Crippen LogP contribution in [0.5, 0.6) is 0 Å². The molecule has 2 atom stereocenters. The third-order valence-electron chi connectivity index (χ3n) is 3.28. The van der Waals surface area contributed by atoms with E-state index in [2.05, 4.69) is 22.4 Å². The SMILES string of the molecule is C[C@H]1CCc2[nH]nc(C(=O)NCC[S@@](C)=O)c2C1. The molecule has 0 aliphatic heterocycles. The molecule has 0 fully saturated rings. The number of nitrogens with zero attached hydrogens (tertiary/aromatic N) is 1. The van der Waals surface area contributed by atoms with Crippen LogP contribution in [0.25, 0.3) is 0 Å². The number of H-pyrrole nitrogens is 1. The molecule has 100 valence electrons. The van der Waals surface area contributed by atoms with E-state index in [1.54, 1.807) is 6.26 Å². The Balaban J connectivity index is 2.02. The number of fused-ring (bicyclic) bond motifs is 1. The quantitative estimate of drug-likeness (QED) is 0.842. The van der Waals surface area contributed by atoms with Crippen LogP contribution in [0.1, 0.15) is 35.1 Å². The number of aromatic amines is 1. The Morgan fingerprint density at radius 1 is 1.61 bits per heavy atom. The second-order valence-electron chi connectivity index (χ2n) is 4.91. The molecule has 0 bridgehead atoms. The van der Waals surface area contributed by atoms with Gasteiger partial charge in [0.25, 0.3) is 5.91 Å². The molecule has 1 heterocycles. The number of hydrogen-bond donors (Lipinski definition) is 2. The molecule has 1 aliphatic rings. The van der Waals surface area contributed by atoms with Crippen LogP contribution in [0.2, 0.25) is 0 Å². The summed E-state index contributed by atoms with van der Waals surface area (Å²) < 4.78 is 10.9. The van der Waals surface area contributed by atoms with Crippen LogP contribution in [-0.2, 0) is 23.6 Å². The number of hydrogen-bond acceptors (Lipinski definition) is 3. The third kappa shape index (κ3) is 2.98. The minimum Gasteiger partial charge on any atom is -0.350 e. The van der Waals surface area contributed by atoms with Gasteiger partial charge in [0.15, 0.2) is 5.69 Å². The highest BCUT2D eigenvalue weighted by atomic mass is 32.2. The fourth-order valence-corrected chi connectivity index (χ4v) is 2.64. The van der Waals surface area contributed by atoms with Crippen molar-refractivity contribution in [3.05, 3.63) is 17.0 Å². The van der Waals surface area contributed by atoms with Gasteiger partial charge >= 0.3 is 0 Å². The van der Waals surface area contributed by atoms with Gasteiger partial charge < -0.3 is 5.32 Å². The maximum Gasteiger partial charge on any atom is 0.272 e. The van der Waals surface area contributed by atoms with Gasteiger partial charge in [0.2, 0.25) is 0 Å². The molecule has 5 nitrogen and oxygen atoms in total. The molecule has 0 aromatic carbocycles. The lowest BCUT2D eigenvalue weighted by Gasteiger charge is -2.17. The van der Waals surface area contributed by atoms with Crippen LogP contribution in [0.3, 0.4) is 0 Å². The van der Waals surface area contributed by atoms with Crippen molar-refractivity contribution in [3.8, 4) is 0 Å². The van der Waals surface area contributed by atoms with Gasteiger partial charge in [0.1, 0.15) is 0 Å². The predicted molar refractivity (Wildman–Crippen MR) is 71.0 cm³/mol. The van der Waals surface area contributed by atoms with Gasteiger partial charge in [0.05, 0.1) is 0 Å². The van der Waals surface area contributed by atoms with Gasteiger partial charge in [-0.15, -0.1) is 0 Å². The molecule has 1 aliphatic carbocycles. The Morgan fingerprint density at radius 3 is 3.11 bits per heavy atom. The summed E-state index contributed by atoms with van der Waals surface area (Å²) in [6, 6.07) is 0. The zero-order valence-electron chi connectivity index (χ0n) is 10.8. The minimum atomic E-state index is -0.879. The van der Waals surface area contributed by atoms with Crippen molar-refractivity contribution in [2.75, 3.05) is 18.6 Å².